The second-order valence-electron chi connectivity index (χ2n) is 3.96. The second kappa shape index (κ2) is 3.99. The Balaban J connectivity index is 2.29. The van der Waals surface area contributed by atoms with Gasteiger partial charge in [0.15, 0.2) is 5.65 Å². The average molecular weight is 278 g/mol. The smallest absolute Gasteiger partial charge is 0.327 e. The summed E-state index contributed by atoms with van der Waals surface area (Å²) in [6.07, 6.45) is 0. The molecular weight excluding hydrogens is 270 g/mol. The van der Waals surface area contributed by atoms with E-state index in [0.29, 0.717) is 22.1 Å². The van der Waals surface area contributed by atoms with Gasteiger partial charge in [-0.15, -0.1) is 0 Å². The second-order valence-corrected chi connectivity index (χ2v) is 4.36. The van der Waals surface area contributed by atoms with E-state index in [4.69, 9.17) is 17.3 Å². The maximum Gasteiger partial charge on any atom is 0.327 e. The van der Waals surface area contributed by atoms with Crippen LogP contribution < -0.4 is 17.0 Å². The SMILES string of the molecule is Nc1ccc(-c2nc3[nH]c(=O)[nH]c(=O)c3[nH]2)c(Cl)c1. The average Bonchev–Trinajstić information content (AvgIpc) is 2.72. The third kappa shape index (κ3) is 1.89. The van der Waals surface area contributed by atoms with Crippen LogP contribution in [-0.2, 0) is 0 Å². The number of imidazole rings is 1. The summed E-state index contributed by atoms with van der Waals surface area (Å²) < 4.78 is 0. The Morgan fingerprint density at radius 1 is 1.16 bits per heavy atom. The lowest BCUT2D eigenvalue weighted by Crippen LogP contribution is -2.21. The zero-order valence-corrected chi connectivity index (χ0v) is 10.2. The molecule has 3 rings (SSSR count). The van der Waals surface area contributed by atoms with Crippen molar-refractivity contribution in [1.29, 1.82) is 0 Å². The molecule has 0 aliphatic carbocycles. The largest absolute Gasteiger partial charge is 0.399 e. The summed E-state index contributed by atoms with van der Waals surface area (Å²) in [5.74, 6) is 0.382. The van der Waals surface area contributed by atoms with Crippen molar-refractivity contribution in [2.45, 2.75) is 0 Å². The summed E-state index contributed by atoms with van der Waals surface area (Å²) in [4.78, 5) is 34.2. The first-order valence-electron chi connectivity index (χ1n) is 5.32. The standard InChI is InChI=1S/C11H8ClN5O2/c12-6-3-4(13)1-2-5(6)8-14-7-9(15-8)16-11(19)17-10(7)18/h1-3H,13H2,(H3,14,15,16,17,18,19). The highest BCUT2D eigenvalue weighted by Crippen LogP contribution is 2.27. The molecule has 0 unspecified atom stereocenters. The summed E-state index contributed by atoms with van der Waals surface area (Å²) in [5, 5.41) is 0.401. The van der Waals surface area contributed by atoms with E-state index in [9.17, 15) is 9.59 Å². The third-order valence-corrected chi connectivity index (χ3v) is 2.95. The highest BCUT2D eigenvalue weighted by atomic mass is 35.5. The number of halogens is 1. The van der Waals surface area contributed by atoms with Crippen molar-refractivity contribution in [1.82, 2.24) is 19.9 Å². The number of nitrogen functional groups attached to an aromatic ring is 1. The highest BCUT2D eigenvalue weighted by molar-refractivity contribution is 6.33. The van der Waals surface area contributed by atoms with Crippen LogP contribution in [0.5, 0.6) is 0 Å². The number of nitrogens with two attached hydrogens (primary N) is 1. The van der Waals surface area contributed by atoms with Gasteiger partial charge in [-0.2, -0.15) is 0 Å². The molecular formula is C11H8ClN5O2. The predicted molar refractivity (Wildman–Crippen MR) is 72.2 cm³/mol. The molecule has 0 spiro atoms. The number of aromatic amines is 3. The Bertz CT molecular complexity index is 892. The molecule has 0 aliphatic rings. The van der Waals surface area contributed by atoms with Crippen LogP contribution in [0.25, 0.3) is 22.6 Å². The minimum Gasteiger partial charge on any atom is -0.399 e. The van der Waals surface area contributed by atoms with E-state index in [2.05, 4.69) is 19.9 Å². The van der Waals surface area contributed by atoms with E-state index in [1.54, 1.807) is 18.2 Å². The number of rotatable bonds is 1. The van der Waals surface area contributed by atoms with E-state index in [1.807, 2.05) is 0 Å². The molecule has 2 heterocycles. The fraction of sp³-hybridized carbons (Fsp3) is 0. The predicted octanol–water partition coefficient (Wildman–Crippen LogP) is 0.842. The van der Waals surface area contributed by atoms with Crippen molar-refractivity contribution in [2.75, 3.05) is 5.73 Å². The molecule has 0 amide bonds. The fourth-order valence-electron chi connectivity index (χ4n) is 1.78. The number of benzene rings is 1. The van der Waals surface area contributed by atoms with E-state index < -0.39 is 11.2 Å². The lowest BCUT2D eigenvalue weighted by atomic mass is 10.2. The van der Waals surface area contributed by atoms with Gasteiger partial charge in [0.05, 0.1) is 5.02 Å². The fourth-order valence-corrected chi connectivity index (χ4v) is 2.06. The molecule has 19 heavy (non-hydrogen) atoms. The minimum absolute atomic E-state index is 0.177. The number of fused-ring (bicyclic) bond motifs is 1. The van der Waals surface area contributed by atoms with Crippen molar-refractivity contribution in [2.24, 2.45) is 0 Å². The Morgan fingerprint density at radius 2 is 1.95 bits per heavy atom. The normalized spacial score (nSPS) is 11.0. The molecule has 8 heteroatoms. The number of hydrogen-bond donors (Lipinski definition) is 4. The van der Waals surface area contributed by atoms with Crippen molar-refractivity contribution in [3.8, 4) is 11.4 Å². The van der Waals surface area contributed by atoms with Crippen LogP contribution in [0.1, 0.15) is 0 Å². The van der Waals surface area contributed by atoms with E-state index in [-0.39, 0.29) is 11.2 Å². The van der Waals surface area contributed by atoms with Gasteiger partial charge in [0, 0.05) is 11.3 Å². The summed E-state index contributed by atoms with van der Waals surface area (Å²) in [5.41, 5.74) is 5.93. The third-order valence-electron chi connectivity index (χ3n) is 2.64. The first kappa shape index (κ1) is 11.5. The minimum atomic E-state index is -0.612. The molecule has 2 aromatic heterocycles. The summed E-state index contributed by atoms with van der Waals surface area (Å²) >= 11 is 6.06. The number of hydrogen-bond acceptors (Lipinski definition) is 4. The summed E-state index contributed by atoms with van der Waals surface area (Å²) in [6, 6.07) is 4.93. The van der Waals surface area contributed by atoms with Crippen LogP contribution >= 0.6 is 11.6 Å². The van der Waals surface area contributed by atoms with Gasteiger partial charge in [-0.1, -0.05) is 11.6 Å². The molecule has 1 aromatic carbocycles. The van der Waals surface area contributed by atoms with Gasteiger partial charge in [0.2, 0.25) is 0 Å². The molecule has 0 saturated heterocycles. The van der Waals surface area contributed by atoms with Gasteiger partial charge >= 0.3 is 5.69 Å². The lowest BCUT2D eigenvalue weighted by molar-refractivity contribution is 1.07. The van der Waals surface area contributed by atoms with Gasteiger partial charge in [0.1, 0.15) is 11.3 Å². The van der Waals surface area contributed by atoms with Gasteiger partial charge in [0.25, 0.3) is 5.56 Å². The molecule has 5 N–H and O–H groups in total. The molecule has 96 valence electrons. The van der Waals surface area contributed by atoms with Crippen LogP contribution in [0.15, 0.2) is 27.8 Å². The number of aromatic nitrogens is 4. The van der Waals surface area contributed by atoms with Crippen LogP contribution in [0.2, 0.25) is 5.02 Å². The molecule has 0 fully saturated rings. The zero-order valence-electron chi connectivity index (χ0n) is 9.45. The van der Waals surface area contributed by atoms with Crippen LogP contribution in [0.4, 0.5) is 5.69 Å². The Kier molecular flexibility index (Phi) is 2.42. The van der Waals surface area contributed by atoms with Crippen molar-refractivity contribution in [3.63, 3.8) is 0 Å². The lowest BCUT2D eigenvalue weighted by Gasteiger charge is -2.01. The first-order chi connectivity index (χ1) is 9.04. The number of anilines is 1. The summed E-state index contributed by atoms with van der Waals surface area (Å²) in [7, 11) is 0. The number of nitrogens with one attached hydrogen (secondary N) is 3. The van der Waals surface area contributed by atoms with Crippen LogP contribution in [0, 0.1) is 0 Å². The van der Waals surface area contributed by atoms with E-state index in [0.717, 1.165) is 0 Å². The Morgan fingerprint density at radius 3 is 2.68 bits per heavy atom. The molecule has 0 radical (unpaired) electrons. The molecule has 0 bridgehead atoms. The topological polar surface area (TPSA) is 120 Å². The Hall–Kier alpha value is -2.54. The number of H-pyrrole nitrogens is 3. The van der Waals surface area contributed by atoms with Gasteiger partial charge < -0.3 is 10.7 Å². The molecule has 0 aliphatic heterocycles. The molecule has 3 aromatic rings. The van der Waals surface area contributed by atoms with Gasteiger partial charge in [-0.25, -0.2) is 9.78 Å². The maximum absolute atomic E-state index is 11.6. The van der Waals surface area contributed by atoms with Gasteiger partial charge in [-0.05, 0) is 18.2 Å². The van der Waals surface area contributed by atoms with Crippen LogP contribution in [0.3, 0.4) is 0 Å². The molecule has 7 nitrogen and oxygen atoms in total. The van der Waals surface area contributed by atoms with Crippen molar-refractivity contribution >= 4 is 28.5 Å². The molecule has 0 saturated carbocycles. The van der Waals surface area contributed by atoms with Gasteiger partial charge in [-0.3, -0.25) is 14.8 Å². The number of nitrogens with zero attached hydrogens (tertiary/aromatic N) is 1. The monoisotopic (exact) mass is 277 g/mol. The Labute approximate surface area is 110 Å². The van der Waals surface area contributed by atoms with Crippen LogP contribution in [-0.4, -0.2) is 19.9 Å². The first-order valence-corrected chi connectivity index (χ1v) is 5.70. The quantitative estimate of drug-likeness (QED) is 0.493. The van der Waals surface area contributed by atoms with E-state index >= 15 is 0 Å². The zero-order chi connectivity index (χ0) is 13.6. The van der Waals surface area contributed by atoms with Crippen molar-refractivity contribution in [3.05, 3.63) is 44.1 Å². The van der Waals surface area contributed by atoms with E-state index in [1.165, 1.54) is 0 Å². The highest BCUT2D eigenvalue weighted by Gasteiger charge is 2.11. The molecule has 0 atom stereocenters. The maximum atomic E-state index is 11.6. The van der Waals surface area contributed by atoms with Crippen molar-refractivity contribution < 1.29 is 0 Å². The summed E-state index contributed by atoms with van der Waals surface area (Å²) in [6.45, 7) is 0.